The molecule has 0 spiro atoms. The second-order valence-corrected chi connectivity index (χ2v) is 9.21. The standard InChI is InChI=1S/C22H20N6OS2/c1-14-4-2-3-5-18(14)28-20(15-8-10-23-11-9-15)26-27-22(28)31-13-19-25-17(12-30-19)21(29)24-16-6-7-16/h2-5,8-12,16H,6-7,13H2,1H3,(H,24,29). The van der Waals surface area contributed by atoms with Gasteiger partial charge in [-0.25, -0.2) is 4.98 Å². The first-order chi connectivity index (χ1) is 15.2. The smallest absolute Gasteiger partial charge is 0.270 e. The molecule has 3 heterocycles. The molecule has 1 fully saturated rings. The number of carbonyl (C=O) groups is 1. The average molecular weight is 449 g/mol. The van der Waals surface area contributed by atoms with Gasteiger partial charge >= 0.3 is 0 Å². The molecule has 0 atom stereocenters. The molecule has 156 valence electrons. The van der Waals surface area contributed by atoms with Crippen LogP contribution in [0.2, 0.25) is 0 Å². The highest BCUT2D eigenvalue weighted by Crippen LogP contribution is 2.31. The summed E-state index contributed by atoms with van der Waals surface area (Å²) < 4.78 is 2.07. The van der Waals surface area contributed by atoms with Crippen LogP contribution < -0.4 is 5.32 Å². The SMILES string of the molecule is Cc1ccccc1-n1c(SCc2nc(C(=O)NC3CC3)cs2)nnc1-c1ccncc1. The van der Waals surface area contributed by atoms with Crippen LogP contribution in [0, 0.1) is 6.92 Å². The van der Waals surface area contributed by atoms with Crippen LogP contribution in [-0.2, 0) is 5.75 Å². The van der Waals surface area contributed by atoms with E-state index in [0.29, 0.717) is 17.5 Å². The van der Waals surface area contributed by atoms with Crippen molar-refractivity contribution in [3.8, 4) is 17.1 Å². The molecule has 1 aliphatic carbocycles. The molecule has 0 unspecified atom stereocenters. The Balaban J connectivity index is 1.42. The van der Waals surface area contributed by atoms with Crippen molar-refractivity contribution in [1.82, 2.24) is 30.0 Å². The molecule has 3 aromatic heterocycles. The van der Waals surface area contributed by atoms with Gasteiger partial charge in [-0.15, -0.1) is 21.5 Å². The molecule has 0 radical (unpaired) electrons. The van der Waals surface area contributed by atoms with E-state index in [1.54, 1.807) is 24.2 Å². The van der Waals surface area contributed by atoms with Crippen LogP contribution in [-0.4, -0.2) is 36.7 Å². The molecule has 31 heavy (non-hydrogen) atoms. The lowest BCUT2D eigenvalue weighted by molar-refractivity contribution is 0.0946. The van der Waals surface area contributed by atoms with E-state index in [1.807, 2.05) is 29.6 Å². The van der Waals surface area contributed by atoms with E-state index in [9.17, 15) is 4.79 Å². The molecule has 0 aliphatic heterocycles. The molecule has 5 rings (SSSR count). The van der Waals surface area contributed by atoms with E-state index in [4.69, 9.17) is 0 Å². The molecule has 0 saturated heterocycles. The summed E-state index contributed by atoms with van der Waals surface area (Å²) in [6.45, 7) is 2.08. The van der Waals surface area contributed by atoms with Crippen LogP contribution in [0.25, 0.3) is 17.1 Å². The van der Waals surface area contributed by atoms with Crippen molar-refractivity contribution in [3.05, 3.63) is 70.4 Å². The Labute approximate surface area is 188 Å². The minimum absolute atomic E-state index is 0.0851. The molecule has 1 aromatic carbocycles. The van der Waals surface area contributed by atoms with Gasteiger partial charge in [0.25, 0.3) is 5.91 Å². The second kappa shape index (κ2) is 8.60. The Hall–Kier alpha value is -3.04. The number of para-hydroxylation sites is 1. The normalized spacial score (nSPS) is 13.3. The molecular weight excluding hydrogens is 428 g/mol. The fraction of sp³-hybridized carbons (Fsp3) is 0.227. The highest BCUT2D eigenvalue weighted by Gasteiger charge is 2.25. The summed E-state index contributed by atoms with van der Waals surface area (Å²) in [6, 6.07) is 12.4. The number of aryl methyl sites for hydroxylation is 1. The van der Waals surface area contributed by atoms with Gasteiger partial charge in [0.05, 0.1) is 11.4 Å². The van der Waals surface area contributed by atoms with Gasteiger partial charge < -0.3 is 5.32 Å². The van der Waals surface area contributed by atoms with Crippen LogP contribution >= 0.6 is 23.1 Å². The Bertz CT molecular complexity index is 1220. The van der Waals surface area contributed by atoms with Gasteiger partial charge in [-0.3, -0.25) is 14.3 Å². The second-order valence-electron chi connectivity index (χ2n) is 7.33. The van der Waals surface area contributed by atoms with Crippen molar-refractivity contribution in [3.63, 3.8) is 0 Å². The van der Waals surface area contributed by atoms with Gasteiger partial charge in [0.15, 0.2) is 11.0 Å². The molecule has 1 N–H and O–H groups in total. The van der Waals surface area contributed by atoms with Crippen molar-refractivity contribution in [2.24, 2.45) is 0 Å². The predicted molar refractivity (Wildman–Crippen MR) is 121 cm³/mol. The number of hydrogen-bond acceptors (Lipinski definition) is 7. The summed E-state index contributed by atoms with van der Waals surface area (Å²) >= 11 is 3.05. The van der Waals surface area contributed by atoms with E-state index in [1.165, 1.54) is 11.3 Å². The van der Waals surface area contributed by atoms with Crippen LogP contribution in [0.5, 0.6) is 0 Å². The number of rotatable bonds is 7. The quantitative estimate of drug-likeness (QED) is 0.425. The highest BCUT2D eigenvalue weighted by atomic mass is 32.2. The number of nitrogens with zero attached hydrogens (tertiary/aromatic N) is 5. The first kappa shape index (κ1) is 19.9. The van der Waals surface area contributed by atoms with Crippen LogP contribution in [0.15, 0.2) is 59.3 Å². The maximum Gasteiger partial charge on any atom is 0.270 e. The van der Waals surface area contributed by atoms with Crippen LogP contribution in [0.3, 0.4) is 0 Å². The summed E-state index contributed by atoms with van der Waals surface area (Å²) in [5.74, 6) is 1.29. The summed E-state index contributed by atoms with van der Waals surface area (Å²) in [4.78, 5) is 20.8. The average Bonchev–Trinajstić information content (AvgIpc) is 3.31. The number of hydrogen-bond donors (Lipinski definition) is 1. The van der Waals surface area contributed by atoms with Gasteiger partial charge in [0, 0.05) is 29.4 Å². The Kier molecular flexibility index (Phi) is 5.52. The van der Waals surface area contributed by atoms with Gasteiger partial charge in [-0.1, -0.05) is 30.0 Å². The van der Waals surface area contributed by atoms with Crippen LogP contribution in [0.1, 0.15) is 33.9 Å². The lowest BCUT2D eigenvalue weighted by Crippen LogP contribution is -2.25. The first-order valence-corrected chi connectivity index (χ1v) is 11.9. The Morgan fingerprint density at radius 3 is 2.77 bits per heavy atom. The van der Waals surface area contributed by atoms with Crippen molar-refractivity contribution in [1.29, 1.82) is 0 Å². The minimum Gasteiger partial charge on any atom is -0.348 e. The number of thioether (sulfide) groups is 1. The number of thiazole rings is 1. The van der Waals surface area contributed by atoms with Gasteiger partial charge in [0.2, 0.25) is 0 Å². The van der Waals surface area contributed by atoms with E-state index in [-0.39, 0.29) is 5.91 Å². The lowest BCUT2D eigenvalue weighted by atomic mass is 10.2. The number of pyridine rings is 1. The highest BCUT2D eigenvalue weighted by molar-refractivity contribution is 7.98. The minimum atomic E-state index is -0.0851. The van der Waals surface area contributed by atoms with Gasteiger partial charge in [-0.2, -0.15) is 0 Å². The zero-order valence-corrected chi connectivity index (χ0v) is 18.5. The number of carbonyl (C=O) groups excluding carboxylic acids is 1. The Morgan fingerprint density at radius 1 is 1.19 bits per heavy atom. The van der Waals surface area contributed by atoms with E-state index in [2.05, 4.69) is 49.1 Å². The maximum atomic E-state index is 12.2. The summed E-state index contributed by atoms with van der Waals surface area (Å²) in [6.07, 6.45) is 5.63. The van der Waals surface area contributed by atoms with Gasteiger partial charge in [-0.05, 0) is 43.5 Å². The zero-order chi connectivity index (χ0) is 21.2. The summed E-state index contributed by atoms with van der Waals surface area (Å²) in [5.41, 5.74) is 3.61. The monoisotopic (exact) mass is 448 g/mol. The zero-order valence-electron chi connectivity index (χ0n) is 16.9. The molecule has 1 amide bonds. The topological polar surface area (TPSA) is 85.6 Å². The maximum absolute atomic E-state index is 12.2. The third-order valence-corrected chi connectivity index (χ3v) is 6.92. The number of benzene rings is 1. The Morgan fingerprint density at radius 2 is 2.00 bits per heavy atom. The van der Waals surface area contributed by atoms with E-state index >= 15 is 0 Å². The third-order valence-electron chi connectivity index (χ3n) is 4.95. The van der Waals surface area contributed by atoms with Crippen molar-refractivity contribution >= 4 is 29.0 Å². The van der Waals surface area contributed by atoms with Gasteiger partial charge in [0.1, 0.15) is 10.7 Å². The number of aromatic nitrogens is 5. The van der Waals surface area contributed by atoms with Crippen LogP contribution in [0.4, 0.5) is 0 Å². The van der Waals surface area contributed by atoms with Crippen molar-refractivity contribution in [2.75, 3.05) is 0 Å². The lowest BCUT2D eigenvalue weighted by Gasteiger charge is -2.12. The number of amides is 1. The fourth-order valence-corrected chi connectivity index (χ4v) is 4.91. The van der Waals surface area contributed by atoms with Crippen molar-refractivity contribution in [2.45, 2.75) is 36.7 Å². The number of nitrogens with one attached hydrogen (secondary N) is 1. The first-order valence-electron chi connectivity index (χ1n) is 9.99. The molecule has 1 aliphatic rings. The largest absolute Gasteiger partial charge is 0.348 e. The fourth-order valence-electron chi connectivity index (χ4n) is 3.18. The van der Waals surface area contributed by atoms with E-state index in [0.717, 1.165) is 45.6 Å². The summed E-state index contributed by atoms with van der Waals surface area (Å²) in [5, 5.41) is 15.4. The molecular formula is C22H20N6OS2. The summed E-state index contributed by atoms with van der Waals surface area (Å²) in [7, 11) is 0. The molecule has 7 nitrogen and oxygen atoms in total. The molecule has 0 bridgehead atoms. The molecule has 1 saturated carbocycles. The molecule has 9 heteroatoms. The third kappa shape index (κ3) is 4.38. The van der Waals surface area contributed by atoms with Crippen molar-refractivity contribution < 1.29 is 4.79 Å². The van der Waals surface area contributed by atoms with E-state index < -0.39 is 0 Å². The molecule has 4 aromatic rings. The predicted octanol–water partition coefficient (Wildman–Crippen LogP) is 4.28.